The Hall–Kier alpha value is -6.23. The van der Waals surface area contributed by atoms with Gasteiger partial charge < -0.3 is 9.80 Å². The van der Waals surface area contributed by atoms with Crippen LogP contribution in [0.4, 0.5) is 34.1 Å². The summed E-state index contributed by atoms with van der Waals surface area (Å²) in [5.74, 6) is 0. The van der Waals surface area contributed by atoms with Crippen LogP contribution in [0.3, 0.4) is 0 Å². The van der Waals surface area contributed by atoms with Crippen LogP contribution in [0.25, 0.3) is 42.3 Å². The number of hydrogen-bond acceptors (Lipinski definition) is 4. The second-order valence-corrected chi connectivity index (χ2v) is 13.0. The fourth-order valence-electron chi connectivity index (χ4n) is 6.80. The molecular weight excluding hydrogens is 615 g/mol. The number of aromatic nitrogens is 1. The molecule has 0 aliphatic carbocycles. The lowest BCUT2D eigenvalue weighted by Crippen LogP contribution is -2.13. The quantitative estimate of drug-likeness (QED) is 0.161. The van der Waals surface area contributed by atoms with Gasteiger partial charge in [0.1, 0.15) is 5.01 Å². The normalized spacial score (nSPS) is 11.3. The van der Waals surface area contributed by atoms with Crippen LogP contribution in [0, 0.1) is 0 Å². The molecule has 0 N–H and O–H groups in total. The van der Waals surface area contributed by atoms with Gasteiger partial charge in [0.2, 0.25) is 0 Å². The van der Waals surface area contributed by atoms with E-state index in [1.165, 1.54) is 26.2 Å². The van der Waals surface area contributed by atoms with E-state index in [1.54, 1.807) is 11.3 Å². The number of thiazole rings is 1. The van der Waals surface area contributed by atoms with E-state index < -0.39 is 0 Å². The summed E-state index contributed by atoms with van der Waals surface area (Å²) in [7, 11) is 0. The maximum absolute atomic E-state index is 5.24. The van der Waals surface area contributed by atoms with Crippen molar-refractivity contribution >= 4 is 77.2 Å². The van der Waals surface area contributed by atoms with Crippen molar-refractivity contribution in [1.29, 1.82) is 0 Å². The van der Waals surface area contributed by atoms with Gasteiger partial charge in [0.05, 0.1) is 10.2 Å². The molecule has 8 aromatic carbocycles. The van der Waals surface area contributed by atoms with Gasteiger partial charge in [-0.25, -0.2) is 4.98 Å². The lowest BCUT2D eigenvalue weighted by molar-refractivity contribution is 1.25. The Bertz CT molecular complexity index is 2430. The van der Waals surface area contributed by atoms with Crippen molar-refractivity contribution < 1.29 is 0 Å². The fraction of sp³-hybridized carbons (Fsp3) is 0. The molecule has 232 valence electrons. The average molecular weight is 646 g/mol. The molecule has 0 spiro atoms. The summed E-state index contributed by atoms with van der Waals surface area (Å²) in [4.78, 5) is 9.86. The maximum Gasteiger partial charge on any atom is 0.124 e. The van der Waals surface area contributed by atoms with Crippen LogP contribution in [-0.2, 0) is 0 Å². The van der Waals surface area contributed by atoms with Crippen molar-refractivity contribution in [2.24, 2.45) is 0 Å². The summed E-state index contributed by atoms with van der Waals surface area (Å²) >= 11 is 1.77. The zero-order valence-corrected chi connectivity index (χ0v) is 27.5. The summed E-state index contributed by atoms with van der Waals surface area (Å²) in [5.41, 5.74) is 8.73. The highest BCUT2D eigenvalue weighted by Crippen LogP contribution is 2.43. The number of benzene rings is 8. The van der Waals surface area contributed by atoms with Gasteiger partial charge in [0.25, 0.3) is 0 Å². The van der Waals surface area contributed by atoms with Crippen LogP contribution >= 0.6 is 11.3 Å². The Morgan fingerprint density at radius 1 is 0.347 bits per heavy atom. The number of anilines is 6. The first-order valence-electron chi connectivity index (χ1n) is 16.5. The van der Waals surface area contributed by atoms with E-state index in [9.17, 15) is 0 Å². The second kappa shape index (κ2) is 12.4. The smallest absolute Gasteiger partial charge is 0.124 e. The Balaban J connectivity index is 1.14. The molecular formula is C45H31N3S. The van der Waals surface area contributed by atoms with Crippen molar-refractivity contribution in [2.75, 3.05) is 9.80 Å². The molecule has 9 aromatic rings. The molecule has 0 atom stereocenters. The first-order valence-corrected chi connectivity index (χ1v) is 17.3. The van der Waals surface area contributed by atoms with Crippen LogP contribution in [0.15, 0.2) is 188 Å². The molecule has 9 rings (SSSR count). The van der Waals surface area contributed by atoms with Crippen LogP contribution < -0.4 is 9.80 Å². The molecule has 0 bridgehead atoms. The van der Waals surface area contributed by atoms with E-state index in [0.29, 0.717) is 0 Å². The Morgan fingerprint density at radius 3 is 1.29 bits per heavy atom. The number of fused-ring (bicyclic) bond motifs is 6. The van der Waals surface area contributed by atoms with Gasteiger partial charge in [-0.15, -0.1) is 11.3 Å². The lowest BCUT2D eigenvalue weighted by Gasteiger charge is -2.29. The second-order valence-electron chi connectivity index (χ2n) is 12.0. The van der Waals surface area contributed by atoms with Crippen LogP contribution in [0.1, 0.15) is 0 Å². The monoisotopic (exact) mass is 645 g/mol. The first kappa shape index (κ1) is 29.0. The third kappa shape index (κ3) is 5.29. The molecule has 0 amide bonds. The van der Waals surface area contributed by atoms with Crippen molar-refractivity contribution in [1.82, 2.24) is 4.98 Å². The standard InChI is InChI=1S/C45H31N3S/c1-4-15-33(16-5-1)47(34-17-6-2-7-18-34)37-21-14-22-38(31-37)48(35-19-8-3-9-20-35)36-29-27-32(28-30-36)45-46-43-41-25-12-10-23-39(41)40-24-11-13-26-42(40)44(43)49-45/h1-31H. The molecule has 0 aliphatic heterocycles. The zero-order valence-electron chi connectivity index (χ0n) is 26.6. The molecule has 0 aliphatic rings. The van der Waals surface area contributed by atoms with Crippen molar-refractivity contribution in [3.8, 4) is 10.6 Å². The van der Waals surface area contributed by atoms with Crippen molar-refractivity contribution in [2.45, 2.75) is 0 Å². The van der Waals surface area contributed by atoms with E-state index in [0.717, 1.165) is 50.2 Å². The minimum atomic E-state index is 1.03. The van der Waals surface area contributed by atoms with Gasteiger partial charge >= 0.3 is 0 Å². The minimum Gasteiger partial charge on any atom is -0.310 e. The first-order chi connectivity index (χ1) is 24.3. The summed E-state index contributed by atoms with van der Waals surface area (Å²) in [6.07, 6.45) is 0. The fourth-order valence-corrected chi connectivity index (χ4v) is 7.92. The number of rotatable bonds is 7. The van der Waals surface area contributed by atoms with E-state index in [-0.39, 0.29) is 0 Å². The largest absolute Gasteiger partial charge is 0.310 e. The lowest BCUT2D eigenvalue weighted by atomic mass is 10.0. The minimum absolute atomic E-state index is 1.03. The summed E-state index contributed by atoms with van der Waals surface area (Å²) < 4.78 is 1.23. The highest BCUT2D eigenvalue weighted by atomic mass is 32.1. The topological polar surface area (TPSA) is 19.4 Å². The predicted molar refractivity (Wildman–Crippen MR) is 209 cm³/mol. The molecule has 0 saturated carbocycles. The molecule has 49 heavy (non-hydrogen) atoms. The molecule has 0 unspecified atom stereocenters. The van der Waals surface area contributed by atoms with Crippen LogP contribution in [-0.4, -0.2) is 4.98 Å². The molecule has 1 heterocycles. The molecule has 0 radical (unpaired) electrons. The molecule has 4 heteroatoms. The van der Waals surface area contributed by atoms with Crippen molar-refractivity contribution in [3.63, 3.8) is 0 Å². The summed E-state index contributed by atoms with van der Waals surface area (Å²) in [6.45, 7) is 0. The SMILES string of the molecule is c1ccc(N(c2ccccc2)c2cccc(N(c3ccccc3)c3ccc(-c4nc5c6ccccc6c6ccccc6c5s4)cc3)c2)cc1. The Kier molecular flexibility index (Phi) is 7.34. The highest BCUT2D eigenvalue weighted by Gasteiger charge is 2.18. The number of para-hydroxylation sites is 3. The summed E-state index contributed by atoms with van der Waals surface area (Å²) in [5, 5.41) is 6.00. The number of hydrogen-bond donors (Lipinski definition) is 0. The third-order valence-electron chi connectivity index (χ3n) is 9.03. The van der Waals surface area contributed by atoms with Gasteiger partial charge in [0, 0.05) is 50.5 Å². The van der Waals surface area contributed by atoms with E-state index in [1.807, 2.05) is 0 Å². The maximum atomic E-state index is 5.24. The highest BCUT2D eigenvalue weighted by molar-refractivity contribution is 7.22. The Morgan fingerprint density at radius 2 is 0.755 bits per heavy atom. The third-order valence-corrected chi connectivity index (χ3v) is 10.2. The zero-order chi connectivity index (χ0) is 32.6. The molecule has 1 aromatic heterocycles. The Labute approximate surface area is 289 Å². The van der Waals surface area contributed by atoms with E-state index in [2.05, 4.69) is 198 Å². The summed E-state index contributed by atoms with van der Waals surface area (Å²) in [6, 6.07) is 66.6. The van der Waals surface area contributed by atoms with Gasteiger partial charge in [-0.3, -0.25) is 0 Å². The van der Waals surface area contributed by atoms with E-state index in [4.69, 9.17) is 4.98 Å². The van der Waals surface area contributed by atoms with Crippen LogP contribution in [0.5, 0.6) is 0 Å². The van der Waals surface area contributed by atoms with E-state index >= 15 is 0 Å². The van der Waals surface area contributed by atoms with Gasteiger partial charge in [0.15, 0.2) is 0 Å². The number of nitrogens with zero attached hydrogens (tertiary/aromatic N) is 3. The van der Waals surface area contributed by atoms with Crippen LogP contribution in [0.2, 0.25) is 0 Å². The van der Waals surface area contributed by atoms with Gasteiger partial charge in [-0.1, -0.05) is 109 Å². The average Bonchev–Trinajstić information content (AvgIpc) is 3.63. The van der Waals surface area contributed by atoms with Crippen molar-refractivity contribution in [3.05, 3.63) is 188 Å². The molecule has 0 saturated heterocycles. The van der Waals surface area contributed by atoms with Gasteiger partial charge in [-0.2, -0.15) is 0 Å². The predicted octanol–water partition coefficient (Wildman–Crippen LogP) is 13.2. The van der Waals surface area contributed by atoms with Gasteiger partial charge in [-0.05, 0) is 89.6 Å². The molecule has 3 nitrogen and oxygen atoms in total. The molecule has 0 fully saturated rings.